The van der Waals surface area contributed by atoms with E-state index in [1.807, 2.05) is 18.2 Å². The van der Waals surface area contributed by atoms with Crippen molar-refractivity contribution in [3.05, 3.63) is 89.5 Å². The molecule has 190 valence electrons. The SMILES string of the molecule is C=C(C)C(=O)OCCOc1cc(-c2ccc(-c3ccc(CCCCC)cc3)cc2CC)ccc1CO. The molecule has 1 N–H and O–H groups in total. The van der Waals surface area contributed by atoms with Gasteiger partial charge in [0.1, 0.15) is 19.0 Å². The van der Waals surface area contributed by atoms with Crippen LogP contribution in [0.15, 0.2) is 72.8 Å². The Morgan fingerprint density at radius 1 is 0.861 bits per heavy atom. The van der Waals surface area contributed by atoms with Gasteiger partial charge in [0.15, 0.2) is 0 Å². The first kappa shape index (κ1) is 27.2. The first-order valence-corrected chi connectivity index (χ1v) is 12.9. The fourth-order valence-electron chi connectivity index (χ4n) is 4.19. The van der Waals surface area contributed by atoms with E-state index in [-0.39, 0.29) is 19.8 Å². The molecule has 0 amide bonds. The number of aliphatic hydroxyl groups excluding tert-OH is 1. The summed E-state index contributed by atoms with van der Waals surface area (Å²) in [5.41, 5.74) is 8.28. The number of benzene rings is 3. The maximum absolute atomic E-state index is 11.6. The van der Waals surface area contributed by atoms with Gasteiger partial charge in [-0.25, -0.2) is 4.79 Å². The minimum atomic E-state index is -0.437. The Balaban J connectivity index is 1.77. The molecule has 0 aliphatic rings. The molecule has 0 atom stereocenters. The molecule has 36 heavy (non-hydrogen) atoms. The smallest absolute Gasteiger partial charge is 0.333 e. The molecule has 0 fully saturated rings. The summed E-state index contributed by atoms with van der Waals surface area (Å²) >= 11 is 0. The van der Waals surface area contributed by atoms with Crippen molar-refractivity contribution >= 4 is 5.97 Å². The highest BCUT2D eigenvalue weighted by atomic mass is 16.6. The maximum atomic E-state index is 11.6. The number of unbranched alkanes of at least 4 members (excludes halogenated alkanes) is 2. The summed E-state index contributed by atoms with van der Waals surface area (Å²) in [5, 5.41) is 9.76. The second kappa shape index (κ2) is 13.6. The Kier molecular flexibility index (Phi) is 10.3. The van der Waals surface area contributed by atoms with Gasteiger partial charge in [-0.3, -0.25) is 0 Å². The highest BCUT2D eigenvalue weighted by Gasteiger charge is 2.11. The van der Waals surface area contributed by atoms with E-state index in [2.05, 4.69) is 62.9 Å². The number of aliphatic hydroxyl groups is 1. The highest BCUT2D eigenvalue weighted by molar-refractivity contribution is 5.86. The summed E-state index contributed by atoms with van der Waals surface area (Å²) in [6, 6.07) is 21.4. The molecular formula is C32H38O4. The Morgan fingerprint density at radius 3 is 2.25 bits per heavy atom. The molecule has 3 rings (SSSR count). The molecule has 4 nitrogen and oxygen atoms in total. The molecule has 0 aliphatic heterocycles. The Labute approximate surface area is 215 Å². The third-order valence-corrected chi connectivity index (χ3v) is 6.31. The lowest BCUT2D eigenvalue weighted by atomic mass is 9.92. The van der Waals surface area contributed by atoms with Crippen LogP contribution >= 0.6 is 0 Å². The van der Waals surface area contributed by atoms with Gasteiger partial charge in [0.2, 0.25) is 0 Å². The van der Waals surface area contributed by atoms with Gasteiger partial charge in [0.05, 0.1) is 6.61 Å². The number of rotatable bonds is 13. The molecule has 0 aromatic heterocycles. The predicted octanol–water partition coefficient (Wildman–Crippen LogP) is 7.31. The standard InChI is InChI=1S/C32H38O4/c1-5-7-8-9-24-10-12-26(13-11-24)27-16-17-30(25(6-2)20-27)28-14-15-29(22-33)31(21-28)35-18-19-36-32(34)23(3)4/h10-17,20-21,33H,3,5-9,18-19,22H2,1-2,4H3. The summed E-state index contributed by atoms with van der Waals surface area (Å²) < 4.78 is 11.0. The second-order valence-electron chi connectivity index (χ2n) is 9.12. The van der Waals surface area contributed by atoms with Crippen LogP contribution in [0.5, 0.6) is 5.75 Å². The van der Waals surface area contributed by atoms with Crippen LogP contribution < -0.4 is 4.74 Å². The molecule has 0 unspecified atom stereocenters. The first-order chi connectivity index (χ1) is 17.5. The van der Waals surface area contributed by atoms with Crippen molar-refractivity contribution in [2.45, 2.75) is 59.5 Å². The normalized spacial score (nSPS) is 10.8. The fourth-order valence-corrected chi connectivity index (χ4v) is 4.19. The first-order valence-electron chi connectivity index (χ1n) is 12.9. The summed E-state index contributed by atoms with van der Waals surface area (Å²) in [7, 11) is 0. The number of hydrogen-bond donors (Lipinski definition) is 1. The van der Waals surface area contributed by atoms with E-state index >= 15 is 0 Å². The van der Waals surface area contributed by atoms with E-state index in [4.69, 9.17) is 9.47 Å². The summed E-state index contributed by atoms with van der Waals surface area (Å²) in [6.07, 6.45) is 5.79. The molecular weight excluding hydrogens is 448 g/mol. The van der Waals surface area contributed by atoms with Crippen LogP contribution in [0.25, 0.3) is 22.3 Å². The molecule has 0 bridgehead atoms. The van der Waals surface area contributed by atoms with E-state index in [0.29, 0.717) is 16.9 Å². The Bertz CT molecular complexity index is 1160. The van der Waals surface area contributed by atoms with Gasteiger partial charge >= 0.3 is 5.97 Å². The molecule has 0 saturated carbocycles. The number of carbonyl (C=O) groups is 1. The predicted molar refractivity (Wildman–Crippen MR) is 147 cm³/mol. The van der Waals surface area contributed by atoms with Crippen molar-refractivity contribution in [2.75, 3.05) is 13.2 Å². The van der Waals surface area contributed by atoms with Crippen molar-refractivity contribution in [3.8, 4) is 28.0 Å². The minimum Gasteiger partial charge on any atom is -0.490 e. The van der Waals surface area contributed by atoms with Crippen LogP contribution in [-0.4, -0.2) is 24.3 Å². The molecule has 0 spiro atoms. The van der Waals surface area contributed by atoms with Gasteiger partial charge in [-0.2, -0.15) is 0 Å². The lowest BCUT2D eigenvalue weighted by Crippen LogP contribution is -2.13. The van der Waals surface area contributed by atoms with Crippen LogP contribution in [-0.2, 0) is 29.0 Å². The number of carbonyl (C=O) groups excluding carboxylic acids is 1. The van der Waals surface area contributed by atoms with Gasteiger partial charge in [0, 0.05) is 11.1 Å². The fraction of sp³-hybridized carbons (Fsp3) is 0.344. The van der Waals surface area contributed by atoms with Crippen LogP contribution in [0.1, 0.15) is 56.7 Å². The van der Waals surface area contributed by atoms with Gasteiger partial charge in [-0.05, 0) is 65.6 Å². The molecule has 3 aromatic carbocycles. The average molecular weight is 487 g/mol. The zero-order chi connectivity index (χ0) is 25.9. The van der Waals surface area contributed by atoms with Gasteiger partial charge in [-0.1, -0.05) is 87.9 Å². The lowest BCUT2D eigenvalue weighted by Gasteiger charge is -2.15. The van der Waals surface area contributed by atoms with Crippen molar-refractivity contribution in [1.82, 2.24) is 0 Å². The van der Waals surface area contributed by atoms with E-state index in [0.717, 1.165) is 24.0 Å². The summed E-state index contributed by atoms with van der Waals surface area (Å²) in [5.74, 6) is 0.153. The number of esters is 1. The van der Waals surface area contributed by atoms with Crippen LogP contribution in [0, 0.1) is 0 Å². The number of ether oxygens (including phenoxy) is 2. The third-order valence-electron chi connectivity index (χ3n) is 6.31. The summed E-state index contributed by atoms with van der Waals surface area (Å²) in [4.78, 5) is 11.6. The lowest BCUT2D eigenvalue weighted by molar-refractivity contribution is -0.139. The monoisotopic (exact) mass is 486 g/mol. The van der Waals surface area contributed by atoms with E-state index in [1.54, 1.807) is 6.92 Å². The maximum Gasteiger partial charge on any atom is 0.333 e. The number of aryl methyl sites for hydroxylation is 2. The quantitative estimate of drug-likeness (QED) is 0.156. The zero-order valence-electron chi connectivity index (χ0n) is 21.8. The van der Waals surface area contributed by atoms with Crippen molar-refractivity contribution in [1.29, 1.82) is 0 Å². The van der Waals surface area contributed by atoms with Crippen LogP contribution in [0.4, 0.5) is 0 Å². The molecule has 0 aliphatic carbocycles. The summed E-state index contributed by atoms with van der Waals surface area (Å²) in [6.45, 7) is 9.76. The molecule has 0 heterocycles. The average Bonchev–Trinajstić information content (AvgIpc) is 2.91. The minimum absolute atomic E-state index is 0.118. The van der Waals surface area contributed by atoms with E-state index in [1.165, 1.54) is 41.5 Å². The second-order valence-corrected chi connectivity index (χ2v) is 9.12. The zero-order valence-corrected chi connectivity index (χ0v) is 21.8. The Morgan fingerprint density at radius 2 is 1.58 bits per heavy atom. The molecule has 4 heteroatoms. The van der Waals surface area contributed by atoms with Gasteiger partial charge < -0.3 is 14.6 Å². The van der Waals surface area contributed by atoms with Gasteiger partial charge in [-0.15, -0.1) is 0 Å². The molecule has 3 aromatic rings. The van der Waals surface area contributed by atoms with Crippen molar-refractivity contribution in [3.63, 3.8) is 0 Å². The van der Waals surface area contributed by atoms with Crippen LogP contribution in [0.2, 0.25) is 0 Å². The highest BCUT2D eigenvalue weighted by Crippen LogP contribution is 2.33. The van der Waals surface area contributed by atoms with Crippen molar-refractivity contribution < 1.29 is 19.4 Å². The number of hydrogen-bond acceptors (Lipinski definition) is 4. The molecule has 0 saturated heterocycles. The van der Waals surface area contributed by atoms with Crippen molar-refractivity contribution in [2.24, 2.45) is 0 Å². The third kappa shape index (κ3) is 7.32. The van der Waals surface area contributed by atoms with Gasteiger partial charge in [0.25, 0.3) is 0 Å². The topological polar surface area (TPSA) is 55.8 Å². The largest absolute Gasteiger partial charge is 0.490 e. The molecule has 0 radical (unpaired) electrons. The van der Waals surface area contributed by atoms with E-state index < -0.39 is 5.97 Å². The Hall–Kier alpha value is -3.37. The van der Waals surface area contributed by atoms with E-state index in [9.17, 15) is 9.90 Å². The van der Waals surface area contributed by atoms with Crippen LogP contribution in [0.3, 0.4) is 0 Å².